The third-order valence-electron chi connectivity index (χ3n) is 3.52. The van der Waals surface area contributed by atoms with Crippen molar-refractivity contribution in [2.45, 2.75) is 26.4 Å². The van der Waals surface area contributed by atoms with Crippen LogP contribution in [-0.4, -0.2) is 5.60 Å². The fraction of sp³-hybridized carbons (Fsp3) is 0.182. The van der Waals surface area contributed by atoms with E-state index in [2.05, 4.69) is 50.0 Å². The van der Waals surface area contributed by atoms with Gasteiger partial charge in [0.05, 0.1) is 22.7 Å². The average molecular weight is 332 g/mol. The molecule has 3 heteroatoms. The molecule has 0 saturated carbocycles. The van der Waals surface area contributed by atoms with Gasteiger partial charge in [0.2, 0.25) is 0 Å². The molecule has 0 saturated heterocycles. The Kier molecular flexibility index (Phi) is 5.05. The largest absolute Gasteiger partial charge is 0.247 e. The number of para-hydroxylation sites is 3. The summed E-state index contributed by atoms with van der Waals surface area (Å²) < 4.78 is 0. The predicted octanol–water partition coefficient (Wildman–Crippen LogP) is 5.98. The molecule has 0 heterocycles. The Labute approximate surface area is 150 Å². The Hall–Kier alpha value is -2.78. The number of hydrogen-bond donors (Lipinski definition) is 0. The number of nitrogens with zero attached hydrogens (tertiary/aromatic N) is 2. The van der Waals surface area contributed by atoms with Gasteiger partial charge in [0.15, 0.2) is 0 Å². The lowest BCUT2D eigenvalue weighted by Gasteiger charge is -2.40. The highest BCUT2D eigenvalue weighted by molar-refractivity contribution is 5.68. The third-order valence-corrected chi connectivity index (χ3v) is 3.52. The molecule has 3 nitrogen and oxygen atoms in total. The SMILES string of the molecule is CC(C)(C)ON(c1ccccc1)N(c1ccccc1)c1ccccc1. The van der Waals surface area contributed by atoms with Crippen LogP contribution in [0.15, 0.2) is 91.0 Å². The second-order valence-corrected chi connectivity index (χ2v) is 6.80. The van der Waals surface area contributed by atoms with Gasteiger partial charge in [-0.2, -0.15) is 5.17 Å². The molecule has 0 aliphatic carbocycles. The Morgan fingerprint density at radius 3 is 1.28 bits per heavy atom. The minimum atomic E-state index is -0.350. The van der Waals surface area contributed by atoms with E-state index >= 15 is 0 Å². The Morgan fingerprint density at radius 2 is 0.920 bits per heavy atom. The van der Waals surface area contributed by atoms with Crippen LogP contribution in [0.5, 0.6) is 0 Å². The van der Waals surface area contributed by atoms with Crippen molar-refractivity contribution in [3.8, 4) is 0 Å². The average Bonchev–Trinajstić information content (AvgIpc) is 2.63. The number of rotatable bonds is 5. The quantitative estimate of drug-likeness (QED) is 0.535. The van der Waals surface area contributed by atoms with E-state index in [1.807, 2.05) is 71.9 Å². The zero-order valence-electron chi connectivity index (χ0n) is 15.0. The van der Waals surface area contributed by atoms with E-state index in [0.29, 0.717) is 0 Å². The van der Waals surface area contributed by atoms with Crippen LogP contribution in [0.4, 0.5) is 17.1 Å². The van der Waals surface area contributed by atoms with E-state index in [4.69, 9.17) is 4.84 Å². The Balaban J connectivity index is 2.13. The van der Waals surface area contributed by atoms with Crippen LogP contribution < -0.4 is 10.2 Å². The van der Waals surface area contributed by atoms with Gasteiger partial charge < -0.3 is 0 Å². The molecule has 0 aliphatic rings. The van der Waals surface area contributed by atoms with Crippen LogP contribution in [0.3, 0.4) is 0 Å². The van der Waals surface area contributed by atoms with Crippen molar-refractivity contribution in [1.29, 1.82) is 0 Å². The fourth-order valence-corrected chi connectivity index (χ4v) is 2.52. The highest BCUT2D eigenvalue weighted by Crippen LogP contribution is 2.32. The van der Waals surface area contributed by atoms with Crippen LogP contribution in [0.1, 0.15) is 20.8 Å². The van der Waals surface area contributed by atoms with E-state index in [0.717, 1.165) is 17.1 Å². The molecular formula is C22H24N2O. The lowest BCUT2D eigenvalue weighted by Crippen LogP contribution is -2.44. The van der Waals surface area contributed by atoms with E-state index < -0.39 is 0 Å². The van der Waals surface area contributed by atoms with Crippen molar-refractivity contribution < 1.29 is 4.84 Å². The van der Waals surface area contributed by atoms with Crippen LogP contribution in [0, 0.1) is 0 Å². The first kappa shape index (κ1) is 17.1. The summed E-state index contributed by atoms with van der Waals surface area (Å²) in [5, 5.41) is 3.95. The van der Waals surface area contributed by atoms with E-state index in [1.54, 1.807) is 0 Å². The molecule has 3 aromatic rings. The lowest BCUT2D eigenvalue weighted by atomic mass is 10.2. The third kappa shape index (κ3) is 4.40. The van der Waals surface area contributed by atoms with E-state index in [9.17, 15) is 0 Å². The predicted molar refractivity (Wildman–Crippen MR) is 105 cm³/mol. The molecule has 3 aromatic carbocycles. The van der Waals surface area contributed by atoms with Gasteiger partial charge in [-0.25, -0.2) is 9.85 Å². The maximum atomic E-state index is 6.35. The molecule has 128 valence electrons. The first-order valence-electron chi connectivity index (χ1n) is 8.49. The van der Waals surface area contributed by atoms with Crippen LogP contribution in [0.25, 0.3) is 0 Å². The molecule has 0 N–H and O–H groups in total. The summed E-state index contributed by atoms with van der Waals surface area (Å²) in [5.41, 5.74) is 2.67. The lowest BCUT2D eigenvalue weighted by molar-refractivity contribution is -0.0212. The first-order chi connectivity index (χ1) is 12.0. The molecule has 0 unspecified atom stereocenters. The molecule has 3 rings (SSSR count). The van der Waals surface area contributed by atoms with Crippen molar-refractivity contribution >= 4 is 17.1 Å². The molecule has 0 bridgehead atoms. The summed E-state index contributed by atoms with van der Waals surface area (Å²) in [6, 6.07) is 30.6. The van der Waals surface area contributed by atoms with Gasteiger partial charge in [-0.1, -0.05) is 54.6 Å². The molecule has 25 heavy (non-hydrogen) atoms. The van der Waals surface area contributed by atoms with Crippen molar-refractivity contribution in [1.82, 2.24) is 0 Å². The van der Waals surface area contributed by atoms with Gasteiger partial charge in [0, 0.05) is 0 Å². The second kappa shape index (κ2) is 7.41. The molecule has 0 fully saturated rings. The van der Waals surface area contributed by atoms with Crippen LogP contribution in [-0.2, 0) is 4.84 Å². The summed E-state index contributed by atoms with van der Waals surface area (Å²) in [4.78, 5) is 6.35. The minimum Gasteiger partial charge on any atom is -0.247 e. The monoisotopic (exact) mass is 332 g/mol. The Morgan fingerprint density at radius 1 is 0.560 bits per heavy atom. The van der Waals surface area contributed by atoms with Crippen LogP contribution in [0.2, 0.25) is 0 Å². The van der Waals surface area contributed by atoms with E-state index in [1.165, 1.54) is 0 Å². The van der Waals surface area contributed by atoms with Crippen LogP contribution >= 0.6 is 0 Å². The zero-order chi connectivity index (χ0) is 17.7. The number of benzene rings is 3. The maximum Gasteiger partial charge on any atom is 0.0901 e. The second-order valence-electron chi connectivity index (χ2n) is 6.80. The molecule has 0 aliphatic heterocycles. The van der Waals surface area contributed by atoms with Crippen molar-refractivity contribution in [2.75, 3.05) is 10.2 Å². The van der Waals surface area contributed by atoms with Crippen molar-refractivity contribution in [2.24, 2.45) is 0 Å². The van der Waals surface area contributed by atoms with Gasteiger partial charge in [0.25, 0.3) is 0 Å². The van der Waals surface area contributed by atoms with Gasteiger partial charge in [-0.05, 0) is 57.2 Å². The smallest absolute Gasteiger partial charge is 0.0901 e. The number of anilines is 3. The molecule has 0 amide bonds. The fourth-order valence-electron chi connectivity index (χ4n) is 2.52. The highest BCUT2D eigenvalue weighted by Gasteiger charge is 2.25. The Bertz CT molecular complexity index is 728. The van der Waals surface area contributed by atoms with Crippen molar-refractivity contribution in [3.63, 3.8) is 0 Å². The number of hydrazine groups is 1. The topological polar surface area (TPSA) is 15.7 Å². The zero-order valence-corrected chi connectivity index (χ0v) is 15.0. The minimum absolute atomic E-state index is 0.350. The molecule has 0 aromatic heterocycles. The number of hydrogen-bond acceptors (Lipinski definition) is 3. The first-order valence-corrected chi connectivity index (χ1v) is 8.49. The molecule has 0 radical (unpaired) electrons. The molecule has 0 spiro atoms. The summed E-state index contributed by atoms with van der Waals surface area (Å²) in [5.74, 6) is 0. The molecular weight excluding hydrogens is 308 g/mol. The van der Waals surface area contributed by atoms with Gasteiger partial charge in [-0.15, -0.1) is 0 Å². The summed E-state index contributed by atoms with van der Waals surface area (Å²) in [6.07, 6.45) is 0. The summed E-state index contributed by atoms with van der Waals surface area (Å²) in [7, 11) is 0. The van der Waals surface area contributed by atoms with Gasteiger partial charge >= 0.3 is 0 Å². The van der Waals surface area contributed by atoms with Crippen molar-refractivity contribution in [3.05, 3.63) is 91.0 Å². The normalized spacial score (nSPS) is 11.2. The highest BCUT2D eigenvalue weighted by atomic mass is 16.7. The van der Waals surface area contributed by atoms with E-state index in [-0.39, 0.29) is 5.60 Å². The van der Waals surface area contributed by atoms with Gasteiger partial charge in [0.1, 0.15) is 0 Å². The standard InChI is InChI=1S/C22H24N2O/c1-22(2,3)25-24(21-17-11-6-12-18-21)23(19-13-7-4-8-14-19)20-15-9-5-10-16-20/h4-18H,1-3H3. The molecule has 0 atom stereocenters. The summed E-state index contributed by atoms with van der Waals surface area (Å²) >= 11 is 0. The maximum absolute atomic E-state index is 6.35. The van der Waals surface area contributed by atoms with Gasteiger partial charge in [-0.3, -0.25) is 0 Å². The summed E-state index contributed by atoms with van der Waals surface area (Å²) in [6.45, 7) is 6.16.